The Kier molecular flexibility index (Phi) is 3.58. The summed E-state index contributed by atoms with van der Waals surface area (Å²) in [7, 11) is 0. The van der Waals surface area contributed by atoms with Gasteiger partial charge in [-0.15, -0.1) is 0 Å². The second-order valence-corrected chi connectivity index (χ2v) is 4.25. The Morgan fingerprint density at radius 1 is 1.60 bits per heavy atom. The highest BCUT2D eigenvalue weighted by Gasteiger charge is 2.20. The van der Waals surface area contributed by atoms with E-state index in [1.807, 2.05) is 43.6 Å². The first-order chi connectivity index (χ1) is 4.34. The van der Waals surface area contributed by atoms with E-state index < -0.39 is 5.97 Å². The molecule has 0 unspecified atom stereocenters. The SMILES string of the molecule is CC(C)(C)N(I)CC(=O)O. The Morgan fingerprint density at radius 3 is 2.10 bits per heavy atom. The normalized spacial score (nSPS) is 12.1. The van der Waals surface area contributed by atoms with Gasteiger partial charge in [-0.25, -0.2) is 3.11 Å². The van der Waals surface area contributed by atoms with Crippen LogP contribution in [-0.2, 0) is 4.79 Å². The van der Waals surface area contributed by atoms with Crippen molar-refractivity contribution in [3.8, 4) is 0 Å². The molecule has 4 heteroatoms. The van der Waals surface area contributed by atoms with E-state index in [9.17, 15) is 4.79 Å². The molecule has 0 aromatic carbocycles. The van der Waals surface area contributed by atoms with Crippen LogP contribution in [0.15, 0.2) is 0 Å². The van der Waals surface area contributed by atoms with Crippen molar-refractivity contribution in [2.24, 2.45) is 0 Å². The first kappa shape index (κ1) is 10.2. The lowest BCUT2D eigenvalue weighted by atomic mass is 10.1. The van der Waals surface area contributed by atoms with Crippen molar-refractivity contribution in [1.82, 2.24) is 3.11 Å². The largest absolute Gasteiger partial charge is 0.480 e. The molecule has 0 saturated heterocycles. The van der Waals surface area contributed by atoms with Crippen LogP contribution in [0.1, 0.15) is 20.8 Å². The van der Waals surface area contributed by atoms with Crippen LogP contribution in [0.3, 0.4) is 0 Å². The molecule has 0 amide bonds. The summed E-state index contributed by atoms with van der Waals surface area (Å²) in [6.45, 7) is 6.01. The van der Waals surface area contributed by atoms with Gasteiger partial charge in [0.1, 0.15) is 6.54 Å². The van der Waals surface area contributed by atoms with Gasteiger partial charge in [0.05, 0.1) is 0 Å². The molecule has 1 N–H and O–H groups in total. The molecule has 0 rings (SSSR count). The highest BCUT2D eigenvalue weighted by atomic mass is 127. The number of carboxylic acid groups (broad SMARTS) is 1. The third-order valence-electron chi connectivity index (χ3n) is 1.00. The van der Waals surface area contributed by atoms with Gasteiger partial charge in [-0.1, -0.05) is 0 Å². The summed E-state index contributed by atoms with van der Waals surface area (Å²) < 4.78 is 1.76. The molecule has 0 aromatic heterocycles. The van der Waals surface area contributed by atoms with E-state index in [0.29, 0.717) is 0 Å². The average molecular weight is 257 g/mol. The van der Waals surface area contributed by atoms with Gasteiger partial charge >= 0.3 is 5.97 Å². The van der Waals surface area contributed by atoms with Gasteiger partial charge in [0.25, 0.3) is 0 Å². The van der Waals surface area contributed by atoms with Gasteiger partial charge in [0.15, 0.2) is 0 Å². The van der Waals surface area contributed by atoms with Crippen molar-refractivity contribution < 1.29 is 9.90 Å². The number of rotatable bonds is 2. The average Bonchev–Trinajstić information content (AvgIpc) is 1.60. The molecule has 0 saturated carbocycles. The maximum absolute atomic E-state index is 10.2. The zero-order chi connectivity index (χ0) is 8.36. The van der Waals surface area contributed by atoms with Gasteiger partial charge in [0.2, 0.25) is 0 Å². The number of halogens is 1. The van der Waals surface area contributed by atoms with Crippen LogP contribution in [0, 0.1) is 0 Å². The molecule has 10 heavy (non-hydrogen) atoms. The summed E-state index contributed by atoms with van der Waals surface area (Å²) in [5, 5.41) is 8.40. The number of aliphatic carboxylic acids is 1. The molecule has 0 bridgehead atoms. The summed E-state index contributed by atoms with van der Waals surface area (Å²) >= 11 is 2.02. The van der Waals surface area contributed by atoms with Crippen LogP contribution < -0.4 is 0 Å². The second kappa shape index (κ2) is 3.52. The summed E-state index contributed by atoms with van der Waals surface area (Å²) in [6.07, 6.45) is 0. The van der Waals surface area contributed by atoms with E-state index >= 15 is 0 Å². The van der Waals surface area contributed by atoms with Gasteiger partial charge in [-0.3, -0.25) is 4.79 Å². The fourth-order valence-electron chi connectivity index (χ4n) is 0.356. The monoisotopic (exact) mass is 257 g/mol. The molecular weight excluding hydrogens is 245 g/mol. The lowest BCUT2D eigenvalue weighted by molar-refractivity contribution is -0.137. The first-order valence-corrected chi connectivity index (χ1v) is 3.96. The highest BCUT2D eigenvalue weighted by Crippen LogP contribution is 2.16. The molecule has 3 nitrogen and oxygen atoms in total. The minimum Gasteiger partial charge on any atom is -0.480 e. The van der Waals surface area contributed by atoms with Gasteiger partial charge < -0.3 is 5.11 Å². The molecule has 0 aliphatic carbocycles. The Bertz CT molecular complexity index is 130. The predicted octanol–water partition coefficient (Wildman–Crippen LogP) is 1.52. The fourth-order valence-corrected chi connectivity index (χ4v) is 0.648. The molecule has 0 aliphatic rings. The Morgan fingerprint density at radius 2 is 2.00 bits per heavy atom. The van der Waals surface area contributed by atoms with E-state index in [2.05, 4.69) is 0 Å². The van der Waals surface area contributed by atoms with Gasteiger partial charge in [-0.2, -0.15) is 0 Å². The molecule has 0 spiro atoms. The fraction of sp³-hybridized carbons (Fsp3) is 0.833. The molecule has 0 radical (unpaired) electrons. The van der Waals surface area contributed by atoms with E-state index in [1.165, 1.54) is 0 Å². The van der Waals surface area contributed by atoms with Crippen LogP contribution in [0.5, 0.6) is 0 Å². The maximum atomic E-state index is 10.2. The molecule has 60 valence electrons. The second-order valence-electron chi connectivity index (χ2n) is 3.08. The van der Waals surface area contributed by atoms with Crippen molar-refractivity contribution in [2.75, 3.05) is 6.54 Å². The number of carboxylic acids is 1. The number of hydrogen-bond acceptors (Lipinski definition) is 2. The molecule has 0 aliphatic heterocycles. The molecule has 0 fully saturated rings. The quantitative estimate of drug-likeness (QED) is 0.602. The summed E-state index contributed by atoms with van der Waals surface area (Å²) in [6, 6.07) is 0. The zero-order valence-electron chi connectivity index (χ0n) is 6.39. The number of nitrogens with zero attached hydrogens (tertiary/aromatic N) is 1. The highest BCUT2D eigenvalue weighted by molar-refractivity contribution is 14.1. The standard InChI is InChI=1S/C6H12INO2/c1-6(2,3)8(7)4-5(9)10/h4H2,1-3H3,(H,9,10). The van der Waals surface area contributed by atoms with Crippen LogP contribution >= 0.6 is 22.9 Å². The van der Waals surface area contributed by atoms with Gasteiger partial charge in [0, 0.05) is 28.4 Å². The predicted molar refractivity (Wildman–Crippen MR) is 48.1 cm³/mol. The van der Waals surface area contributed by atoms with Crippen LogP contribution in [0.25, 0.3) is 0 Å². The Hall–Kier alpha value is 0.160. The smallest absolute Gasteiger partial charge is 0.318 e. The minimum atomic E-state index is -0.788. The Labute approximate surface area is 74.9 Å². The van der Waals surface area contributed by atoms with E-state index in [-0.39, 0.29) is 12.1 Å². The lowest BCUT2D eigenvalue weighted by Crippen LogP contribution is -2.36. The third kappa shape index (κ3) is 4.05. The summed E-state index contributed by atoms with van der Waals surface area (Å²) in [4.78, 5) is 10.2. The van der Waals surface area contributed by atoms with E-state index in [0.717, 1.165) is 0 Å². The van der Waals surface area contributed by atoms with Crippen molar-refractivity contribution in [1.29, 1.82) is 0 Å². The molecule has 0 atom stereocenters. The summed E-state index contributed by atoms with van der Waals surface area (Å²) in [5.41, 5.74) is -0.0705. The van der Waals surface area contributed by atoms with Crippen LogP contribution in [0.4, 0.5) is 0 Å². The summed E-state index contributed by atoms with van der Waals surface area (Å²) in [5.74, 6) is -0.788. The van der Waals surface area contributed by atoms with Crippen LogP contribution in [-0.4, -0.2) is 26.3 Å². The number of hydrogen-bond donors (Lipinski definition) is 1. The van der Waals surface area contributed by atoms with Gasteiger partial charge in [-0.05, 0) is 20.8 Å². The topological polar surface area (TPSA) is 40.5 Å². The molecular formula is C6H12INO2. The first-order valence-electron chi connectivity index (χ1n) is 2.99. The zero-order valence-corrected chi connectivity index (χ0v) is 8.55. The van der Waals surface area contributed by atoms with Crippen molar-refractivity contribution in [3.05, 3.63) is 0 Å². The maximum Gasteiger partial charge on any atom is 0.318 e. The third-order valence-corrected chi connectivity index (χ3v) is 2.79. The van der Waals surface area contributed by atoms with Crippen molar-refractivity contribution >= 4 is 28.8 Å². The van der Waals surface area contributed by atoms with E-state index in [1.54, 1.807) is 3.11 Å². The number of carbonyl (C=O) groups is 1. The van der Waals surface area contributed by atoms with E-state index in [4.69, 9.17) is 5.11 Å². The Balaban J connectivity index is 3.85. The molecule has 0 heterocycles. The molecule has 0 aromatic rings. The van der Waals surface area contributed by atoms with Crippen molar-refractivity contribution in [2.45, 2.75) is 26.3 Å². The minimum absolute atomic E-state index is 0.0705. The van der Waals surface area contributed by atoms with Crippen molar-refractivity contribution in [3.63, 3.8) is 0 Å². The van der Waals surface area contributed by atoms with Crippen LogP contribution in [0.2, 0.25) is 0 Å². The lowest BCUT2D eigenvalue weighted by Gasteiger charge is -2.27.